The van der Waals surface area contributed by atoms with Crippen molar-refractivity contribution in [3.05, 3.63) is 36.4 Å². The third-order valence-corrected chi connectivity index (χ3v) is 3.90. The highest BCUT2D eigenvalue weighted by atomic mass is 31.2. The molecular weight excluding hydrogens is 361 g/mol. The van der Waals surface area contributed by atoms with Crippen LogP contribution >= 0.6 is 7.60 Å². The second kappa shape index (κ2) is 7.75. The first-order chi connectivity index (χ1) is 12.4. The van der Waals surface area contributed by atoms with Gasteiger partial charge in [0.15, 0.2) is 17.0 Å². The summed E-state index contributed by atoms with van der Waals surface area (Å²) in [5, 5.41) is 3.14. The molecule has 0 saturated carbocycles. The minimum absolute atomic E-state index is 0.0823. The Hall–Kier alpha value is -2.59. The third kappa shape index (κ3) is 4.73. The van der Waals surface area contributed by atoms with Crippen LogP contribution in [0.4, 0.5) is 11.8 Å². The first-order valence-corrected chi connectivity index (χ1v) is 9.46. The number of ether oxygens (including phenoxy) is 1. The molecule has 0 radical (unpaired) electrons. The summed E-state index contributed by atoms with van der Waals surface area (Å²) in [4.78, 5) is 34.5. The molecule has 3 aromatic rings. The SMILES string of the molecule is Nc1nc(NCc2ccccn2)c2ncn(CCOCP(=O)(O)O)c2n1. The van der Waals surface area contributed by atoms with Crippen molar-refractivity contribution in [1.82, 2.24) is 24.5 Å². The van der Waals surface area contributed by atoms with Gasteiger partial charge in [0.1, 0.15) is 6.35 Å². The maximum Gasteiger partial charge on any atom is 0.350 e. The second-order valence-corrected chi connectivity index (χ2v) is 7.00. The molecule has 0 fully saturated rings. The number of nitrogens with two attached hydrogens (primary N) is 1. The Bertz CT molecular complexity index is 928. The van der Waals surface area contributed by atoms with E-state index in [1.54, 1.807) is 17.1 Å². The van der Waals surface area contributed by atoms with Gasteiger partial charge in [0.05, 0.1) is 25.2 Å². The summed E-state index contributed by atoms with van der Waals surface area (Å²) in [5.41, 5.74) is 7.65. The molecule has 5 N–H and O–H groups in total. The molecule has 0 atom stereocenters. The molecule has 0 unspecified atom stereocenters. The first kappa shape index (κ1) is 18.2. The largest absolute Gasteiger partial charge is 0.368 e. The number of fused-ring (bicyclic) bond motifs is 1. The fourth-order valence-electron chi connectivity index (χ4n) is 2.27. The van der Waals surface area contributed by atoms with Crippen molar-refractivity contribution >= 4 is 30.5 Å². The van der Waals surface area contributed by atoms with E-state index in [4.69, 9.17) is 20.3 Å². The smallest absolute Gasteiger partial charge is 0.350 e. The predicted molar refractivity (Wildman–Crippen MR) is 94.2 cm³/mol. The number of anilines is 2. The Morgan fingerprint density at radius 3 is 2.85 bits per heavy atom. The van der Waals surface area contributed by atoms with Gasteiger partial charge < -0.3 is 30.1 Å². The fourth-order valence-corrected chi connectivity index (χ4v) is 2.64. The van der Waals surface area contributed by atoms with Crippen LogP contribution in [0, 0.1) is 0 Å². The Morgan fingerprint density at radius 1 is 1.27 bits per heavy atom. The van der Waals surface area contributed by atoms with Gasteiger partial charge in [-0.15, -0.1) is 0 Å². The van der Waals surface area contributed by atoms with E-state index in [1.807, 2.05) is 18.2 Å². The van der Waals surface area contributed by atoms with Gasteiger partial charge in [0.25, 0.3) is 0 Å². The quantitative estimate of drug-likeness (QED) is 0.321. The number of hydrogen-bond acceptors (Lipinski definition) is 8. The summed E-state index contributed by atoms with van der Waals surface area (Å²) in [6, 6.07) is 5.60. The number of nitrogens with zero attached hydrogens (tertiary/aromatic N) is 5. The van der Waals surface area contributed by atoms with Crippen molar-refractivity contribution in [2.45, 2.75) is 13.1 Å². The van der Waals surface area contributed by atoms with Crippen molar-refractivity contribution < 1.29 is 19.1 Å². The minimum Gasteiger partial charge on any atom is -0.368 e. The number of nitrogens with one attached hydrogen (secondary N) is 1. The van der Waals surface area contributed by atoms with E-state index in [0.29, 0.717) is 30.1 Å². The van der Waals surface area contributed by atoms with E-state index in [1.165, 1.54) is 0 Å². The number of imidazole rings is 1. The van der Waals surface area contributed by atoms with Crippen LogP contribution in [0.2, 0.25) is 0 Å². The summed E-state index contributed by atoms with van der Waals surface area (Å²) in [5.74, 6) is 0.562. The van der Waals surface area contributed by atoms with E-state index >= 15 is 0 Å². The molecular formula is C14H18N7O4P. The zero-order chi connectivity index (χ0) is 18.6. The van der Waals surface area contributed by atoms with Crippen molar-refractivity contribution in [3.8, 4) is 0 Å². The number of pyridine rings is 1. The summed E-state index contributed by atoms with van der Waals surface area (Å²) < 4.78 is 17.4. The molecule has 3 aromatic heterocycles. The molecule has 3 heterocycles. The highest BCUT2D eigenvalue weighted by molar-refractivity contribution is 7.51. The molecule has 0 aliphatic heterocycles. The molecule has 0 aromatic carbocycles. The lowest BCUT2D eigenvalue weighted by molar-refractivity contribution is 0.149. The van der Waals surface area contributed by atoms with Gasteiger partial charge in [-0.2, -0.15) is 9.97 Å². The molecule has 0 bridgehead atoms. The zero-order valence-corrected chi connectivity index (χ0v) is 14.6. The number of hydrogen-bond donors (Lipinski definition) is 4. The van der Waals surface area contributed by atoms with Gasteiger partial charge in [-0.3, -0.25) is 9.55 Å². The molecule has 26 heavy (non-hydrogen) atoms. The lowest BCUT2D eigenvalue weighted by Gasteiger charge is -2.08. The van der Waals surface area contributed by atoms with Gasteiger partial charge in [-0.1, -0.05) is 6.07 Å². The van der Waals surface area contributed by atoms with Crippen molar-refractivity contribution in [2.24, 2.45) is 0 Å². The van der Waals surface area contributed by atoms with Gasteiger partial charge in [0, 0.05) is 12.7 Å². The van der Waals surface area contributed by atoms with Gasteiger partial charge in [-0.05, 0) is 12.1 Å². The van der Waals surface area contributed by atoms with Crippen LogP contribution < -0.4 is 11.1 Å². The normalized spacial score (nSPS) is 11.8. The summed E-state index contributed by atoms with van der Waals surface area (Å²) in [7, 11) is -4.18. The minimum atomic E-state index is -4.18. The topological polar surface area (TPSA) is 161 Å². The fraction of sp³-hybridized carbons (Fsp3) is 0.286. The lowest BCUT2D eigenvalue weighted by Crippen LogP contribution is -2.09. The van der Waals surface area contributed by atoms with Crippen molar-refractivity contribution in [1.29, 1.82) is 0 Å². The van der Waals surface area contributed by atoms with Gasteiger partial charge in [-0.25, -0.2) is 4.98 Å². The standard InChI is InChI=1S/C14H18N7O4P/c15-14-19-12(17-7-10-3-1-2-4-16-10)11-13(20-14)21(8-18-11)5-6-25-9-26(22,23)24/h1-4,8H,5-7,9H2,(H2,22,23,24)(H3,15,17,19,20). The first-order valence-electron chi connectivity index (χ1n) is 7.67. The molecule has 0 saturated heterocycles. The van der Waals surface area contributed by atoms with Crippen molar-refractivity contribution in [3.63, 3.8) is 0 Å². The molecule has 0 spiro atoms. The van der Waals surface area contributed by atoms with Crippen LogP contribution in [0.3, 0.4) is 0 Å². The van der Waals surface area contributed by atoms with Crippen LogP contribution in [0.25, 0.3) is 11.2 Å². The lowest BCUT2D eigenvalue weighted by atomic mass is 10.3. The molecule has 12 heteroatoms. The molecule has 0 aliphatic rings. The average molecular weight is 379 g/mol. The zero-order valence-electron chi connectivity index (χ0n) is 13.7. The van der Waals surface area contributed by atoms with Gasteiger partial charge >= 0.3 is 7.60 Å². The Balaban J connectivity index is 1.72. The maximum absolute atomic E-state index is 10.8. The summed E-state index contributed by atoms with van der Waals surface area (Å²) >= 11 is 0. The number of nitrogen functional groups attached to an aromatic ring is 1. The monoisotopic (exact) mass is 379 g/mol. The third-order valence-electron chi connectivity index (χ3n) is 3.38. The Morgan fingerprint density at radius 2 is 2.12 bits per heavy atom. The Labute approximate surface area is 148 Å². The van der Waals surface area contributed by atoms with Crippen LogP contribution in [0.5, 0.6) is 0 Å². The van der Waals surface area contributed by atoms with E-state index in [2.05, 4.69) is 25.3 Å². The maximum atomic E-state index is 10.8. The average Bonchev–Trinajstić information content (AvgIpc) is 2.99. The van der Waals surface area contributed by atoms with Crippen molar-refractivity contribution in [2.75, 3.05) is 24.0 Å². The number of rotatable bonds is 8. The highest BCUT2D eigenvalue weighted by Gasteiger charge is 2.14. The van der Waals surface area contributed by atoms with Crippen LogP contribution in [-0.2, 0) is 22.4 Å². The van der Waals surface area contributed by atoms with E-state index in [9.17, 15) is 4.57 Å². The molecule has 3 rings (SSSR count). The summed E-state index contributed by atoms with van der Waals surface area (Å²) in [6.45, 7) is 0.856. The van der Waals surface area contributed by atoms with Crippen LogP contribution in [0.15, 0.2) is 30.7 Å². The van der Waals surface area contributed by atoms with E-state index in [0.717, 1.165) is 5.69 Å². The molecule has 0 amide bonds. The molecule has 138 valence electrons. The second-order valence-electron chi connectivity index (χ2n) is 5.42. The highest BCUT2D eigenvalue weighted by Crippen LogP contribution is 2.33. The van der Waals surface area contributed by atoms with E-state index < -0.39 is 13.9 Å². The summed E-state index contributed by atoms with van der Waals surface area (Å²) in [6.07, 6.45) is 2.62. The molecule has 0 aliphatic carbocycles. The van der Waals surface area contributed by atoms with Gasteiger partial charge in [0.2, 0.25) is 5.95 Å². The molecule has 11 nitrogen and oxygen atoms in total. The predicted octanol–water partition coefficient (Wildman–Crippen LogP) is 0.567. The number of aromatic nitrogens is 5. The van der Waals surface area contributed by atoms with E-state index in [-0.39, 0.29) is 12.6 Å². The van der Waals surface area contributed by atoms with Crippen LogP contribution in [-0.4, -0.2) is 47.2 Å². The Kier molecular flexibility index (Phi) is 5.43. The van der Waals surface area contributed by atoms with Crippen LogP contribution in [0.1, 0.15) is 5.69 Å².